The molecule has 0 bridgehead atoms. The number of carboxylic acid groups (broad SMARTS) is 1. The number of nitrogens with one attached hydrogen (secondary N) is 1. The van der Waals surface area contributed by atoms with E-state index in [1.165, 1.54) is 12.1 Å². The van der Waals surface area contributed by atoms with Gasteiger partial charge in [0.25, 0.3) is 0 Å². The number of piperidine rings is 1. The van der Waals surface area contributed by atoms with Crippen LogP contribution in [0.15, 0.2) is 65.6 Å². The third kappa shape index (κ3) is 8.74. The van der Waals surface area contributed by atoms with Gasteiger partial charge in [0.05, 0.1) is 4.90 Å². The van der Waals surface area contributed by atoms with E-state index >= 15 is 0 Å². The smallest absolute Gasteiger partial charge is 0.404 e. The van der Waals surface area contributed by atoms with Crippen LogP contribution in [0.1, 0.15) is 37.7 Å². The molecule has 2 aromatic carbocycles. The fourth-order valence-electron chi connectivity index (χ4n) is 9.51. The van der Waals surface area contributed by atoms with E-state index in [-0.39, 0.29) is 48.1 Å². The third-order valence-corrected chi connectivity index (χ3v) is 14.2. The van der Waals surface area contributed by atoms with Crippen LogP contribution in [0.3, 0.4) is 0 Å². The first kappa shape index (κ1) is 39.2. The molecule has 4 fully saturated rings. The molecule has 2 amide bonds. The van der Waals surface area contributed by atoms with E-state index in [1.807, 2.05) is 31.1 Å². The molecule has 11 nitrogen and oxygen atoms in total. The number of carbonyl (C=O) groups excluding carboxylic acids is 1. The van der Waals surface area contributed by atoms with Gasteiger partial charge in [0.2, 0.25) is 5.91 Å². The van der Waals surface area contributed by atoms with Gasteiger partial charge in [-0.2, -0.15) is 0 Å². The lowest BCUT2D eigenvalue weighted by atomic mass is 9.58. The summed E-state index contributed by atoms with van der Waals surface area (Å²) in [5, 5.41) is 12.0. The number of carbonyl (C=O) groups is 2. The number of hydrogen-bond acceptors (Lipinski definition) is 8. The van der Waals surface area contributed by atoms with E-state index in [1.54, 1.807) is 35.2 Å². The van der Waals surface area contributed by atoms with Crippen LogP contribution in [-0.2, 0) is 20.0 Å². The minimum absolute atomic E-state index is 0.0778. The van der Waals surface area contributed by atoms with Gasteiger partial charge in [0, 0.05) is 75.0 Å². The molecule has 3 saturated heterocycles. The van der Waals surface area contributed by atoms with Crippen molar-refractivity contribution < 1.29 is 27.5 Å². The quantitative estimate of drug-likeness (QED) is 0.277. The average molecular weight is 753 g/mol. The Morgan fingerprint density at radius 1 is 0.962 bits per heavy atom. The van der Waals surface area contributed by atoms with E-state index in [0.717, 1.165) is 82.6 Å². The molecule has 2 N–H and O–H groups in total. The summed E-state index contributed by atoms with van der Waals surface area (Å²) in [6.07, 6.45) is 6.90. The Morgan fingerprint density at radius 3 is 2.28 bits per heavy atom. The van der Waals surface area contributed by atoms with Crippen LogP contribution < -0.4 is 10.2 Å². The highest BCUT2D eigenvalue weighted by Crippen LogP contribution is 2.51. The molecule has 290 valence electrons. The van der Waals surface area contributed by atoms with Crippen LogP contribution in [0.5, 0.6) is 0 Å². The summed E-state index contributed by atoms with van der Waals surface area (Å²) in [7, 11) is 4.44. The summed E-state index contributed by atoms with van der Waals surface area (Å²) in [5.74, 6) is 0.463. The number of likely N-dealkylation sites (tertiary alicyclic amines) is 2. The topological polar surface area (TPSA) is 117 Å². The minimum atomic E-state index is -3.52. The fourth-order valence-corrected chi connectivity index (χ4v) is 11.2. The molecule has 0 spiro atoms. The molecule has 6 rings (SSSR count). The maximum Gasteiger partial charge on any atom is 0.404 e. The van der Waals surface area contributed by atoms with E-state index in [4.69, 9.17) is 0 Å². The van der Waals surface area contributed by atoms with Gasteiger partial charge in [-0.25, -0.2) is 17.6 Å². The van der Waals surface area contributed by atoms with E-state index < -0.39 is 21.2 Å². The van der Waals surface area contributed by atoms with Crippen molar-refractivity contribution in [3.05, 3.63) is 72.1 Å². The number of hydrogen-bond donors (Lipinski definition) is 2. The monoisotopic (exact) mass is 752 g/mol. The second-order valence-corrected chi connectivity index (χ2v) is 18.5. The maximum absolute atomic E-state index is 14.8. The Kier molecular flexibility index (Phi) is 12.2. The van der Waals surface area contributed by atoms with Gasteiger partial charge in [0.15, 0.2) is 9.84 Å². The first-order valence-electron chi connectivity index (χ1n) is 19.1. The van der Waals surface area contributed by atoms with E-state index in [2.05, 4.69) is 40.2 Å². The van der Waals surface area contributed by atoms with Gasteiger partial charge in [-0.3, -0.25) is 4.79 Å². The van der Waals surface area contributed by atoms with Crippen LogP contribution >= 0.6 is 0 Å². The molecule has 1 saturated carbocycles. The summed E-state index contributed by atoms with van der Waals surface area (Å²) in [6.45, 7) is 6.50. The number of benzene rings is 2. The predicted octanol–water partition coefficient (Wildman–Crippen LogP) is 4.01. The lowest BCUT2D eigenvalue weighted by molar-refractivity contribution is -0.129. The van der Waals surface area contributed by atoms with Gasteiger partial charge in [0.1, 0.15) is 11.1 Å². The molecule has 4 aliphatic rings. The molecule has 3 heterocycles. The van der Waals surface area contributed by atoms with Crippen LogP contribution in [0, 0.1) is 23.6 Å². The van der Waals surface area contributed by atoms with Crippen molar-refractivity contribution in [2.45, 2.75) is 53.7 Å². The molecular weight excluding hydrogens is 696 g/mol. The summed E-state index contributed by atoms with van der Waals surface area (Å²) in [6, 6.07) is 14.1. The molecule has 0 unspecified atom stereocenters. The standard InChI is InChI=1S/C40H57FN6O5S/c1-43(2)19-7-12-38(48)47-26-35(27-47)53(51,52)34-15-13-33(14-16-34)46-24-29(25-46)23-45-20-17-30(18-21-45)40(28-44(3)4,31-8-5-9-32(41)22-31)36-10-6-11-37(36)42-39(49)50/h5,7-9,12-16,22,29-30,35-37,42H,6,10-11,17-21,23-28H2,1-4H3,(H,49,50)/b12-7+/t36-,37-,40-/m0/s1. The maximum atomic E-state index is 14.8. The molecular formula is C40H57FN6O5S. The Labute approximate surface area is 314 Å². The number of sulfone groups is 1. The summed E-state index contributed by atoms with van der Waals surface area (Å²) in [5.41, 5.74) is 1.61. The van der Waals surface area contributed by atoms with E-state index in [9.17, 15) is 27.5 Å². The molecule has 1 aliphatic carbocycles. The summed E-state index contributed by atoms with van der Waals surface area (Å²) in [4.78, 5) is 35.0. The summed E-state index contributed by atoms with van der Waals surface area (Å²) >= 11 is 0. The van der Waals surface area contributed by atoms with Crippen molar-refractivity contribution in [1.82, 2.24) is 24.9 Å². The fraction of sp³-hybridized carbons (Fsp3) is 0.600. The predicted molar refractivity (Wildman–Crippen MR) is 205 cm³/mol. The van der Waals surface area contributed by atoms with Gasteiger partial charge >= 0.3 is 6.09 Å². The van der Waals surface area contributed by atoms with Gasteiger partial charge in [-0.1, -0.05) is 24.6 Å². The van der Waals surface area contributed by atoms with Gasteiger partial charge in [-0.05, 0) is 121 Å². The number of rotatable bonds is 14. The van der Waals surface area contributed by atoms with Crippen molar-refractivity contribution in [2.75, 3.05) is 92.0 Å². The van der Waals surface area contributed by atoms with Crippen LogP contribution in [0.4, 0.5) is 14.9 Å². The lowest BCUT2D eigenvalue weighted by Crippen LogP contribution is -2.58. The normalized spacial score (nSPS) is 23.4. The van der Waals surface area contributed by atoms with Crippen molar-refractivity contribution in [1.29, 1.82) is 0 Å². The zero-order valence-corrected chi connectivity index (χ0v) is 32.5. The Hall–Kier alpha value is -3.52. The molecule has 53 heavy (non-hydrogen) atoms. The van der Waals surface area contributed by atoms with Crippen LogP contribution in [0.2, 0.25) is 0 Å². The van der Waals surface area contributed by atoms with Crippen LogP contribution in [0.25, 0.3) is 0 Å². The highest BCUT2D eigenvalue weighted by atomic mass is 32.2. The number of halogens is 1. The Morgan fingerprint density at radius 2 is 1.66 bits per heavy atom. The number of amides is 2. The van der Waals surface area contributed by atoms with Crippen molar-refractivity contribution in [3.8, 4) is 0 Å². The zero-order chi connectivity index (χ0) is 37.9. The zero-order valence-electron chi connectivity index (χ0n) is 31.7. The van der Waals surface area contributed by atoms with Gasteiger partial charge < -0.3 is 34.9 Å². The number of nitrogens with zero attached hydrogens (tertiary/aromatic N) is 5. The van der Waals surface area contributed by atoms with Crippen LogP contribution in [-0.4, -0.2) is 144 Å². The molecule has 0 aromatic heterocycles. The molecule has 3 aliphatic heterocycles. The number of anilines is 1. The van der Waals surface area contributed by atoms with Crippen molar-refractivity contribution in [3.63, 3.8) is 0 Å². The Bertz CT molecular complexity index is 1720. The minimum Gasteiger partial charge on any atom is -0.465 e. The SMILES string of the molecule is CN(C)C/C=C/C(=O)N1CC(S(=O)(=O)c2ccc(N3CC(CN4CCC([C@@](CN(C)C)(c5cccc(F)c5)[C@H]5CCC[C@@H]5NC(=O)O)CC4)C3)cc2)C1. The molecule has 3 atom stereocenters. The van der Waals surface area contributed by atoms with Crippen molar-refractivity contribution >= 4 is 27.5 Å². The second-order valence-electron chi connectivity index (χ2n) is 16.3. The number of likely N-dealkylation sites (N-methyl/N-ethyl adjacent to an activating group) is 2. The third-order valence-electron chi connectivity index (χ3n) is 12.1. The molecule has 0 radical (unpaired) electrons. The highest BCUT2D eigenvalue weighted by molar-refractivity contribution is 7.92. The van der Waals surface area contributed by atoms with E-state index in [0.29, 0.717) is 17.4 Å². The highest BCUT2D eigenvalue weighted by Gasteiger charge is 2.52. The molecule has 13 heteroatoms. The largest absolute Gasteiger partial charge is 0.465 e. The molecule has 2 aromatic rings. The Balaban J connectivity index is 1.03. The second kappa shape index (κ2) is 16.5. The average Bonchev–Trinajstić information content (AvgIpc) is 3.52. The first-order chi connectivity index (χ1) is 25.3. The lowest BCUT2D eigenvalue weighted by Gasteiger charge is -2.52. The van der Waals surface area contributed by atoms with Crippen molar-refractivity contribution in [2.24, 2.45) is 17.8 Å². The first-order valence-corrected chi connectivity index (χ1v) is 20.6. The summed E-state index contributed by atoms with van der Waals surface area (Å²) < 4.78 is 41.4. The van der Waals surface area contributed by atoms with Gasteiger partial charge in [-0.15, -0.1) is 0 Å².